The standard InChI is InChI=1S/C19H26N2O3/c1-23-14-6-4-13(5-7-14)12-16(22)20-17-15-8-11-24-19(15)18(17)21-9-2-3-10-21/h4-7,15,17-19H,2-3,8-12H2,1H3,(H,20,22). The number of likely N-dealkylation sites (tertiary alicyclic amines) is 1. The normalized spacial score (nSPS) is 32.2. The minimum absolute atomic E-state index is 0.111. The van der Waals surface area contributed by atoms with Crippen LogP contribution in [0.4, 0.5) is 0 Å². The van der Waals surface area contributed by atoms with E-state index in [1.54, 1.807) is 7.11 Å². The second-order valence-electron chi connectivity index (χ2n) is 7.14. The van der Waals surface area contributed by atoms with Crippen molar-refractivity contribution in [2.24, 2.45) is 5.92 Å². The molecule has 5 nitrogen and oxygen atoms in total. The molecule has 0 aromatic heterocycles. The van der Waals surface area contributed by atoms with Crippen LogP contribution in [-0.2, 0) is 16.0 Å². The summed E-state index contributed by atoms with van der Waals surface area (Å²) in [5.74, 6) is 1.42. The fourth-order valence-electron chi connectivity index (χ4n) is 4.51. The quantitative estimate of drug-likeness (QED) is 0.891. The Hall–Kier alpha value is -1.59. The number of benzene rings is 1. The van der Waals surface area contributed by atoms with Gasteiger partial charge < -0.3 is 14.8 Å². The summed E-state index contributed by atoms with van der Waals surface area (Å²) in [6, 6.07) is 8.35. The molecule has 0 radical (unpaired) electrons. The Morgan fingerprint density at radius 3 is 2.75 bits per heavy atom. The van der Waals surface area contributed by atoms with Crippen LogP contribution < -0.4 is 10.1 Å². The van der Waals surface area contributed by atoms with Crippen LogP contribution in [0.5, 0.6) is 5.75 Å². The molecular formula is C19H26N2O3. The number of amides is 1. The molecule has 3 fully saturated rings. The summed E-state index contributed by atoms with van der Waals surface area (Å²) in [4.78, 5) is 15.0. The topological polar surface area (TPSA) is 50.8 Å². The van der Waals surface area contributed by atoms with Crippen LogP contribution in [0.3, 0.4) is 0 Å². The number of methoxy groups -OCH3 is 1. The lowest BCUT2D eigenvalue weighted by atomic mass is 9.70. The van der Waals surface area contributed by atoms with Gasteiger partial charge in [-0.05, 0) is 50.0 Å². The molecule has 1 aromatic carbocycles. The van der Waals surface area contributed by atoms with Crippen LogP contribution in [-0.4, -0.2) is 55.8 Å². The maximum absolute atomic E-state index is 12.5. The van der Waals surface area contributed by atoms with Crippen LogP contribution in [0.2, 0.25) is 0 Å². The third-order valence-corrected chi connectivity index (χ3v) is 5.76. The maximum atomic E-state index is 12.5. The van der Waals surface area contributed by atoms with Crippen molar-refractivity contribution in [2.75, 3.05) is 26.8 Å². The maximum Gasteiger partial charge on any atom is 0.224 e. The predicted octanol–water partition coefficient (Wildman–Crippen LogP) is 1.61. The highest BCUT2D eigenvalue weighted by Crippen LogP contribution is 2.42. The van der Waals surface area contributed by atoms with Crippen LogP contribution in [0.1, 0.15) is 24.8 Å². The van der Waals surface area contributed by atoms with Gasteiger partial charge in [-0.2, -0.15) is 0 Å². The molecule has 1 N–H and O–H groups in total. The molecule has 0 bridgehead atoms. The van der Waals surface area contributed by atoms with Gasteiger partial charge >= 0.3 is 0 Å². The first-order chi connectivity index (χ1) is 11.8. The molecule has 2 saturated heterocycles. The molecular weight excluding hydrogens is 304 g/mol. The zero-order chi connectivity index (χ0) is 16.5. The van der Waals surface area contributed by atoms with E-state index in [0.29, 0.717) is 24.5 Å². The molecule has 24 heavy (non-hydrogen) atoms. The van der Waals surface area contributed by atoms with Crippen molar-refractivity contribution < 1.29 is 14.3 Å². The molecule has 1 aliphatic carbocycles. The third-order valence-electron chi connectivity index (χ3n) is 5.76. The summed E-state index contributed by atoms with van der Waals surface area (Å²) < 4.78 is 11.1. The van der Waals surface area contributed by atoms with Gasteiger partial charge in [0.2, 0.25) is 5.91 Å². The fraction of sp³-hybridized carbons (Fsp3) is 0.632. The minimum Gasteiger partial charge on any atom is -0.497 e. The van der Waals surface area contributed by atoms with E-state index in [1.807, 2.05) is 24.3 Å². The Labute approximate surface area is 143 Å². The Bertz CT molecular complexity index is 578. The summed E-state index contributed by atoms with van der Waals surface area (Å²) in [5, 5.41) is 3.30. The zero-order valence-corrected chi connectivity index (χ0v) is 14.2. The molecule has 1 amide bonds. The Balaban J connectivity index is 1.38. The summed E-state index contributed by atoms with van der Waals surface area (Å²) in [6.07, 6.45) is 4.35. The first-order valence-corrected chi connectivity index (χ1v) is 9.04. The molecule has 4 rings (SSSR count). The monoisotopic (exact) mass is 330 g/mol. The van der Waals surface area contributed by atoms with Gasteiger partial charge in [0.1, 0.15) is 5.75 Å². The van der Waals surface area contributed by atoms with Gasteiger partial charge in [-0.1, -0.05) is 12.1 Å². The lowest BCUT2D eigenvalue weighted by Gasteiger charge is -2.51. The summed E-state index contributed by atoms with van der Waals surface area (Å²) in [5.41, 5.74) is 1.02. The first-order valence-electron chi connectivity index (χ1n) is 9.04. The summed E-state index contributed by atoms with van der Waals surface area (Å²) >= 11 is 0. The third kappa shape index (κ3) is 2.91. The van der Waals surface area contributed by atoms with Crippen molar-refractivity contribution in [3.8, 4) is 5.75 Å². The van der Waals surface area contributed by atoms with E-state index >= 15 is 0 Å². The lowest BCUT2D eigenvalue weighted by molar-refractivity contribution is -0.128. The van der Waals surface area contributed by atoms with E-state index in [0.717, 1.165) is 37.4 Å². The number of nitrogens with one attached hydrogen (secondary N) is 1. The lowest BCUT2D eigenvalue weighted by Crippen LogP contribution is -2.70. The molecule has 2 heterocycles. The van der Waals surface area contributed by atoms with Crippen LogP contribution in [0.25, 0.3) is 0 Å². The van der Waals surface area contributed by atoms with E-state index in [4.69, 9.17) is 9.47 Å². The fourth-order valence-corrected chi connectivity index (χ4v) is 4.51. The molecule has 1 aromatic rings. The van der Waals surface area contributed by atoms with E-state index in [9.17, 15) is 4.79 Å². The smallest absolute Gasteiger partial charge is 0.224 e. The second kappa shape index (κ2) is 6.73. The second-order valence-corrected chi connectivity index (χ2v) is 7.14. The SMILES string of the molecule is COc1ccc(CC(=O)NC2C3CCOC3C2N2CCCC2)cc1. The van der Waals surface area contributed by atoms with Crippen molar-refractivity contribution in [3.63, 3.8) is 0 Å². The highest BCUT2D eigenvalue weighted by atomic mass is 16.5. The number of hydrogen-bond acceptors (Lipinski definition) is 4. The number of fused-ring (bicyclic) bond motifs is 1. The molecule has 3 aliphatic rings. The van der Waals surface area contributed by atoms with Crippen molar-refractivity contribution in [1.29, 1.82) is 0 Å². The molecule has 5 heteroatoms. The van der Waals surface area contributed by atoms with Crippen molar-refractivity contribution >= 4 is 5.91 Å². The summed E-state index contributed by atoms with van der Waals surface area (Å²) in [7, 11) is 1.65. The predicted molar refractivity (Wildman–Crippen MR) is 91.1 cm³/mol. The van der Waals surface area contributed by atoms with E-state index < -0.39 is 0 Å². The number of hydrogen-bond donors (Lipinski definition) is 1. The van der Waals surface area contributed by atoms with Gasteiger partial charge in [-0.15, -0.1) is 0 Å². The molecule has 0 spiro atoms. The molecule has 1 saturated carbocycles. The highest BCUT2D eigenvalue weighted by molar-refractivity contribution is 5.79. The van der Waals surface area contributed by atoms with Crippen LogP contribution >= 0.6 is 0 Å². The zero-order valence-electron chi connectivity index (χ0n) is 14.2. The van der Waals surface area contributed by atoms with Crippen molar-refractivity contribution in [2.45, 2.75) is 43.9 Å². The molecule has 4 unspecified atom stereocenters. The highest BCUT2D eigenvalue weighted by Gasteiger charge is 2.56. The molecule has 2 aliphatic heterocycles. The number of carbonyl (C=O) groups is 1. The largest absolute Gasteiger partial charge is 0.497 e. The van der Waals surface area contributed by atoms with Crippen LogP contribution in [0.15, 0.2) is 24.3 Å². The van der Waals surface area contributed by atoms with E-state index in [1.165, 1.54) is 12.8 Å². The number of carbonyl (C=O) groups excluding carboxylic acids is 1. The average Bonchev–Trinajstić information content (AvgIpc) is 3.24. The van der Waals surface area contributed by atoms with Gasteiger partial charge in [0, 0.05) is 12.5 Å². The van der Waals surface area contributed by atoms with Gasteiger partial charge in [0.25, 0.3) is 0 Å². The van der Waals surface area contributed by atoms with Gasteiger partial charge in [-0.3, -0.25) is 9.69 Å². The Morgan fingerprint density at radius 1 is 1.29 bits per heavy atom. The van der Waals surface area contributed by atoms with Gasteiger partial charge in [0.05, 0.1) is 31.7 Å². The number of ether oxygens (including phenoxy) is 2. The minimum atomic E-state index is 0.111. The molecule has 130 valence electrons. The Morgan fingerprint density at radius 2 is 2.04 bits per heavy atom. The Kier molecular flexibility index (Phi) is 4.46. The first kappa shape index (κ1) is 15.9. The van der Waals surface area contributed by atoms with Gasteiger partial charge in [0.15, 0.2) is 0 Å². The molecule has 4 atom stereocenters. The van der Waals surface area contributed by atoms with Crippen LogP contribution in [0, 0.1) is 5.92 Å². The number of nitrogens with zero attached hydrogens (tertiary/aromatic N) is 1. The van der Waals surface area contributed by atoms with Crippen molar-refractivity contribution in [1.82, 2.24) is 10.2 Å². The van der Waals surface area contributed by atoms with E-state index in [2.05, 4.69) is 10.2 Å². The number of rotatable bonds is 5. The van der Waals surface area contributed by atoms with Gasteiger partial charge in [-0.25, -0.2) is 0 Å². The van der Waals surface area contributed by atoms with E-state index in [-0.39, 0.29) is 11.9 Å². The van der Waals surface area contributed by atoms with Crippen molar-refractivity contribution in [3.05, 3.63) is 29.8 Å². The summed E-state index contributed by atoms with van der Waals surface area (Å²) in [6.45, 7) is 3.12. The average molecular weight is 330 g/mol.